The second kappa shape index (κ2) is 8.59. The number of carbonyl (C=O) groups excluding carboxylic acids is 1. The fourth-order valence-corrected chi connectivity index (χ4v) is 4.24. The Morgan fingerprint density at radius 3 is 2.27 bits per heavy atom. The van der Waals surface area contributed by atoms with Crippen LogP contribution >= 0.6 is 34.8 Å². The van der Waals surface area contributed by atoms with Gasteiger partial charge in [-0.15, -0.1) is 0 Å². The van der Waals surface area contributed by atoms with Crippen molar-refractivity contribution < 1.29 is 13.2 Å². The predicted molar refractivity (Wildman–Crippen MR) is 104 cm³/mol. The van der Waals surface area contributed by atoms with Crippen LogP contribution in [0.3, 0.4) is 0 Å². The molecule has 0 heterocycles. The molecule has 0 saturated carbocycles. The molecular formula is C17H17Cl3N2O3S. The van der Waals surface area contributed by atoms with Crippen molar-refractivity contribution in [2.45, 2.75) is 17.9 Å². The zero-order valence-electron chi connectivity index (χ0n) is 14.0. The maximum Gasteiger partial charge on any atom is 0.244 e. The Bertz CT molecular complexity index is 902. The average Bonchev–Trinajstić information content (AvgIpc) is 2.57. The molecule has 1 amide bonds. The summed E-state index contributed by atoms with van der Waals surface area (Å²) in [5, 5.41) is 3.62. The largest absolute Gasteiger partial charge is 0.348 e. The van der Waals surface area contributed by atoms with Gasteiger partial charge in [-0.05, 0) is 42.8 Å². The van der Waals surface area contributed by atoms with Gasteiger partial charge in [0.1, 0.15) is 4.90 Å². The van der Waals surface area contributed by atoms with Crippen LogP contribution in [0.2, 0.25) is 15.1 Å². The highest BCUT2D eigenvalue weighted by Crippen LogP contribution is 2.27. The van der Waals surface area contributed by atoms with Crippen LogP contribution in [0.25, 0.3) is 0 Å². The molecule has 1 N–H and O–H groups in total. The third-order valence-corrected chi connectivity index (χ3v) is 6.47. The van der Waals surface area contributed by atoms with Gasteiger partial charge in [-0.3, -0.25) is 4.79 Å². The van der Waals surface area contributed by atoms with Gasteiger partial charge in [-0.25, -0.2) is 8.42 Å². The van der Waals surface area contributed by atoms with Crippen molar-refractivity contribution in [3.05, 3.63) is 63.1 Å². The maximum absolute atomic E-state index is 12.6. The van der Waals surface area contributed by atoms with Gasteiger partial charge in [0, 0.05) is 17.1 Å². The standard InChI is InChI=1S/C17H17Cl3N2O3S/c1-11(12-3-5-13(18)6-4-12)21-17(23)10-22(2)26(24,25)16-9-14(19)7-8-15(16)20/h3-9,11H,10H2,1-2H3,(H,21,23)/t11-/m1/s1. The minimum Gasteiger partial charge on any atom is -0.348 e. The number of carbonyl (C=O) groups is 1. The highest BCUT2D eigenvalue weighted by Gasteiger charge is 2.26. The Morgan fingerprint density at radius 1 is 1.08 bits per heavy atom. The lowest BCUT2D eigenvalue weighted by molar-refractivity contribution is -0.121. The molecule has 2 aromatic rings. The third-order valence-electron chi connectivity index (χ3n) is 3.70. The summed E-state index contributed by atoms with van der Waals surface area (Å²) in [6.07, 6.45) is 0. The summed E-state index contributed by atoms with van der Waals surface area (Å²) in [5.74, 6) is -0.448. The van der Waals surface area contributed by atoms with Crippen molar-refractivity contribution in [1.29, 1.82) is 0 Å². The fourth-order valence-electron chi connectivity index (χ4n) is 2.25. The van der Waals surface area contributed by atoms with Gasteiger partial charge in [-0.2, -0.15) is 4.31 Å². The number of sulfonamides is 1. The molecule has 2 aromatic carbocycles. The van der Waals surface area contributed by atoms with Crippen LogP contribution in [0, 0.1) is 0 Å². The van der Waals surface area contributed by atoms with E-state index in [0.29, 0.717) is 5.02 Å². The second-order valence-corrected chi connectivity index (χ2v) is 8.97. The van der Waals surface area contributed by atoms with E-state index in [4.69, 9.17) is 34.8 Å². The predicted octanol–water partition coefficient (Wildman–Crippen LogP) is 4.14. The van der Waals surface area contributed by atoms with Crippen molar-refractivity contribution in [2.24, 2.45) is 0 Å². The number of hydrogen-bond acceptors (Lipinski definition) is 3. The van der Waals surface area contributed by atoms with E-state index in [9.17, 15) is 13.2 Å². The van der Waals surface area contributed by atoms with Crippen molar-refractivity contribution in [3.8, 4) is 0 Å². The molecule has 0 fully saturated rings. The van der Waals surface area contributed by atoms with Crippen molar-refractivity contribution in [1.82, 2.24) is 9.62 Å². The number of hydrogen-bond donors (Lipinski definition) is 1. The summed E-state index contributed by atoms with van der Waals surface area (Å²) in [4.78, 5) is 12.1. The van der Waals surface area contributed by atoms with E-state index < -0.39 is 15.9 Å². The molecule has 0 unspecified atom stereocenters. The molecule has 0 aliphatic rings. The molecule has 2 rings (SSSR count). The Balaban J connectivity index is 2.08. The van der Waals surface area contributed by atoms with E-state index in [1.54, 1.807) is 31.2 Å². The van der Waals surface area contributed by atoms with E-state index in [1.807, 2.05) is 0 Å². The van der Waals surface area contributed by atoms with Crippen LogP contribution in [0.5, 0.6) is 0 Å². The average molecular weight is 436 g/mol. The highest BCUT2D eigenvalue weighted by atomic mass is 35.5. The van der Waals surface area contributed by atoms with Crippen LogP contribution in [0.1, 0.15) is 18.5 Å². The summed E-state index contributed by atoms with van der Waals surface area (Å²) >= 11 is 17.7. The molecule has 1 atom stereocenters. The molecule has 140 valence electrons. The van der Waals surface area contributed by atoms with Crippen LogP contribution in [-0.2, 0) is 14.8 Å². The summed E-state index contributed by atoms with van der Waals surface area (Å²) < 4.78 is 26.2. The minimum atomic E-state index is -3.95. The second-order valence-electron chi connectivity index (χ2n) is 5.68. The number of rotatable bonds is 6. The molecule has 26 heavy (non-hydrogen) atoms. The molecule has 0 aromatic heterocycles. The number of benzene rings is 2. The molecular weight excluding hydrogens is 419 g/mol. The SMILES string of the molecule is C[C@@H](NC(=O)CN(C)S(=O)(=O)c1cc(Cl)ccc1Cl)c1ccc(Cl)cc1. The minimum absolute atomic E-state index is 0.0381. The Labute approximate surface area is 167 Å². The van der Waals surface area contributed by atoms with Gasteiger partial charge >= 0.3 is 0 Å². The van der Waals surface area contributed by atoms with Crippen molar-refractivity contribution in [2.75, 3.05) is 13.6 Å². The van der Waals surface area contributed by atoms with E-state index in [1.165, 1.54) is 25.2 Å². The zero-order chi connectivity index (χ0) is 19.5. The molecule has 0 bridgehead atoms. The Hall–Kier alpha value is -1.31. The molecule has 0 radical (unpaired) electrons. The summed E-state index contributed by atoms with van der Waals surface area (Å²) in [6.45, 7) is 1.44. The first-order valence-corrected chi connectivity index (χ1v) is 10.1. The number of nitrogens with zero attached hydrogens (tertiary/aromatic N) is 1. The number of nitrogens with one attached hydrogen (secondary N) is 1. The van der Waals surface area contributed by atoms with E-state index in [2.05, 4.69) is 5.32 Å². The molecule has 5 nitrogen and oxygen atoms in total. The Morgan fingerprint density at radius 2 is 1.65 bits per heavy atom. The highest BCUT2D eigenvalue weighted by molar-refractivity contribution is 7.89. The number of halogens is 3. The van der Waals surface area contributed by atoms with Crippen LogP contribution in [-0.4, -0.2) is 32.2 Å². The van der Waals surface area contributed by atoms with Gasteiger partial charge in [0.05, 0.1) is 17.6 Å². The molecule has 0 spiro atoms. The number of likely N-dealkylation sites (N-methyl/N-ethyl adjacent to an activating group) is 1. The monoisotopic (exact) mass is 434 g/mol. The topological polar surface area (TPSA) is 66.5 Å². The lowest BCUT2D eigenvalue weighted by Gasteiger charge is -2.20. The van der Waals surface area contributed by atoms with Crippen LogP contribution < -0.4 is 5.32 Å². The van der Waals surface area contributed by atoms with Crippen LogP contribution in [0.15, 0.2) is 47.4 Å². The first-order valence-electron chi connectivity index (χ1n) is 7.57. The fraction of sp³-hybridized carbons (Fsp3) is 0.235. The smallest absolute Gasteiger partial charge is 0.244 e. The summed E-state index contributed by atoms with van der Waals surface area (Å²) in [5.41, 5.74) is 0.853. The first kappa shape index (κ1) is 21.0. The van der Waals surface area contributed by atoms with Gasteiger partial charge in [0.15, 0.2) is 0 Å². The van der Waals surface area contributed by atoms with E-state index >= 15 is 0 Å². The van der Waals surface area contributed by atoms with Gasteiger partial charge in [-0.1, -0.05) is 46.9 Å². The van der Waals surface area contributed by atoms with Crippen molar-refractivity contribution >= 4 is 50.7 Å². The van der Waals surface area contributed by atoms with Gasteiger partial charge < -0.3 is 5.32 Å². The summed E-state index contributed by atoms with van der Waals surface area (Å²) in [6, 6.07) is 10.9. The van der Waals surface area contributed by atoms with Crippen LogP contribution in [0.4, 0.5) is 0 Å². The normalized spacial score (nSPS) is 12.8. The number of amides is 1. The van der Waals surface area contributed by atoms with E-state index in [0.717, 1.165) is 9.87 Å². The lowest BCUT2D eigenvalue weighted by atomic mass is 10.1. The molecule has 9 heteroatoms. The lowest BCUT2D eigenvalue weighted by Crippen LogP contribution is -2.39. The Kier molecular flexibility index (Phi) is 6.93. The quantitative estimate of drug-likeness (QED) is 0.741. The van der Waals surface area contributed by atoms with Crippen molar-refractivity contribution in [3.63, 3.8) is 0 Å². The zero-order valence-corrected chi connectivity index (χ0v) is 17.1. The van der Waals surface area contributed by atoms with E-state index in [-0.39, 0.29) is 27.5 Å². The van der Waals surface area contributed by atoms with Gasteiger partial charge in [0.2, 0.25) is 15.9 Å². The molecule has 0 saturated heterocycles. The first-order chi connectivity index (χ1) is 12.1. The third kappa shape index (κ3) is 5.11. The van der Waals surface area contributed by atoms with Gasteiger partial charge in [0.25, 0.3) is 0 Å². The molecule has 0 aliphatic heterocycles. The summed E-state index contributed by atoms with van der Waals surface area (Å²) in [7, 11) is -2.65. The molecule has 0 aliphatic carbocycles. The maximum atomic E-state index is 12.6.